The summed E-state index contributed by atoms with van der Waals surface area (Å²) in [6.07, 6.45) is 5.03. The Bertz CT molecular complexity index is 1910. The maximum absolute atomic E-state index is 14.2. The van der Waals surface area contributed by atoms with E-state index < -0.39 is 11.8 Å². The lowest BCUT2D eigenvalue weighted by Crippen LogP contribution is -2.35. The number of phenolic OH excluding ortho intramolecular Hbond substituents is 1. The molecule has 2 fully saturated rings. The zero-order valence-electron chi connectivity index (χ0n) is 28.9. The number of rotatable bonds is 11. The molecule has 4 aromatic rings. The number of nitrogens with one attached hydrogen (secondary N) is 1. The van der Waals surface area contributed by atoms with Gasteiger partial charge in [0.25, 0.3) is 0 Å². The molecule has 0 saturated carbocycles. The van der Waals surface area contributed by atoms with Crippen LogP contribution in [0.2, 0.25) is 0 Å². The first-order valence-corrected chi connectivity index (χ1v) is 17.6. The fraction of sp³-hybridized carbons (Fsp3) is 0.302. The number of phenols is 1. The number of anilines is 3. The number of carbonyl (C=O) groups excluding carboxylic acids is 2. The van der Waals surface area contributed by atoms with Crippen LogP contribution in [0.5, 0.6) is 11.5 Å². The van der Waals surface area contributed by atoms with Crippen molar-refractivity contribution in [3.05, 3.63) is 130 Å². The van der Waals surface area contributed by atoms with Crippen molar-refractivity contribution in [2.75, 3.05) is 23.4 Å². The molecule has 7 rings (SSSR count). The van der Waals surface area contributed by atoms with E-state index in [2.05, 4.69) is 18.3 Å². The lowest BCUT2D eigenvalue weighted by Gasteiger charge is -2.31. The highest BCUT2D eigenvalue weighted by molar-refractivity contribution is 6.22. The van der Waals surface area contributed by atoms with Crippen LogP contribution in [0.25, 0.3) is 6.08 Å². The monoisotopic (exact) mass is 668 g/mol. The molecule has 50 heavy (non-hydrogen) atoms. The van der Waals surface area contributed by atoms with E-state index >= 15 is 0 Å². The number of fused-ring (bicyclic) bond motifs is 3. The second-order valence-electron chi connectivity index (χ2n) is 13.7. The largest absolute Gasteiger partial charge is 0.507 e. The minimum absolute atomic E-state index is 0.147. The number of imide groups is 1. The highest BCUT2D eigenvalue weighted by Crippen LogP contribution is 2.51. The van der Waals surface area contributed by atoms with Gasteiger partial charge in [0.05, 0.1) is 30.2 Å². The van der Waals surface area contributed by atoms with Crippen molar-refractivity contribution in [2.45, 2.75) is 52.6 Å². The van der Waals surface area contributed by atoms with Crippen molar-refractivity contribution in [2.24, 2.45) is 17.8 Å². The zero-order valence-corrected chi connectivity index (χ0v) is 28.9. The quantitative estimate of drug-likeness (QED) is 0.123. The summed E-state index contributed by atoms with van der Waals surface area (Å²) in [7, 11) is 0. The van der Waals surface area contributed by atoms with Gasteiger partial charge in [-0.25, -0.2) is 0 Å². The number of hydrogen-bond donors (Lipinski definition) is 2. The molecular weight excluding hydrogens is 624 g/mol. The molecule has 0 aromatic heterocycles. The highest BCUT2D eigenvalue weighted by Gasteiger charge is 2.57. The first-order chi connectivity index (χ1) is 24.3. The van der Waals surface area contributed by atoms with Gasteiger partial charge in [-0.2, -0.15) is 0 Å². The maximum Gasteiger partial charge on any atom is 0.238 e. The number of amides is 2. The summed E-state index contributed by atoms with van der Waals surface area (Å²) in [5.74, 6) is -0.287. The van der Waals surface area contributed by atoms with E-state index in [-0.39, 0.29) is 23.8 Å². The van der Waals surface area contributed by atoms with Crippen LogP contribution in [-0.4, -0.2) is 36.2 Å². The third-order valence-electron chi connectivity index (χ3n) is 10.4. The van der Waals surface area contributed by atoms with E-state index in [1.807, 2.05) is 111 Å². The summed E-state index contributed by atoms with van der Waals surface area (Å²) in [5.41, 5.74) is 8.74. The van der Waals surface area contributed by atoms with Crippen LogP contribution in [0, 0.1) is 31.6 Å². The van der Waals surface area contributed by atoms with Crippen LogP contribution >= 0.6 is 0 Å². The van der Waals surface area contributed by atoms with Gasteiger partial charge in [-0.05, 0) is 128 Å². The first-order valence-electron chi connectivity index (χ1n) is 17.6. The van der Waals surface area contributed by atoms with E-state index in [1.165, 1.54) is 10.5 Å². The van der Waals surface area contributed by atoms with Gasteiger partial charge in [-0.3, -0.25) is 14.5 Å². The van der Waals surface area contributed by atoms with Crippen molar-refractivity contribution >= 4 is 35.0 Å². The normalized spacial score (nSPS) is 21.7. The van der Waals surface area contributed by atoms with Gasteiger partial charge in [0, 0.05) is 17.3 Å². The number of hydrogen-bond acceptors (Lipinski definition) is 6. The predicted octanol–water partition coefficient (Wildman–Crippen LogP) is 8.93. The fourth-order valence-corrected chi connectivity index (χ4v) is 7.91. The van der Waals surface area contributed by atoms with E-state index in [0.717, 1.165) is 64.2 Å². The smallest absolute Gasteiger partial charge is 0.238 e. The number of para-hydroxylation sites is 2. The molecule has 3 aliphatic rings. The Labute approximate surface area is 294 Å². The maximum atomic E-state index is 14.2. The molecule has 2 N–H and O–H groups in total. The molecule has 2 heterocycles. The Morgan fingerprint density at radius 3 is 2.24 bits per heavy atom. The number of carbonyl (C=O) groups is 2. The average molecular weight is 669 g/mol. The van der Waals surface area contributed by atoms with Crippen molar-refractivity contribution < 1.29 is 24.2 Å². The summed E-state index contributed by atoms with van der Waals surface area (Å²) in [6, 6.07) is 31.1. The fourth-order valence-electron chi connectivity index (χ4n) is 7.91. The number of ether oxygens (including phenoxy) is 2. The summed E-state index contributed by atoms with van der Waals surface area (Å²) < 4.78 is 12.8. The topological polar surface area (TPSA) is 88.1 Å². The summed E-state index contributed by atoms with van der Waals surface area (Å²) in [4.78, 5) is 29.7. The minimum Gasteiger partial charge on any atom is -0.507 e. The predicted molar refractivity (Wildman–Crippen MR) is 198 cm³/mol. The Kier molecular flexibility index (Phi) is 9.59. The van der Waals surface area contributed by atoms with E-state index in [0.29, 0.717) is 31.1 Å². The van der Waals surface area contributed by atoms with Crippen molar-refractivity contribution in [3.63, 3.8) is 0 Å². The molecule has 4 aromatic carbocycles. The minimum atomic E-state index is -0.464. The van der Waals surface area contributed by atoms with Gasteiger partial charge in [0.15, 0.2) is 0 Å². The van der Waals surface area contributed by atoms with Gasteiger partial charge in [0.2, 0.25) is 11.8 Å². The molecule has 256 valence electrons. The molecule has 7 heteroatoms. The Morgan fingerprint density at radius 1 is 0.900 bits per heavy atom. The molecule has 2 amide bonds. The van der Waals surface area contributed by atoms with Crippen LogP contribution in [0.1, 0.15) is 49.3 Å². The molecule has 0 spiro atoms. The highest BCUT2D eigenvalue weighted by atomic mass is 16.5. The molecule has 2 saturated heterocycles. The SMILES string of the molecule is CC/C(=C\c1cc(C)c(O)c(C)c1)CC[C@H]1OC[C@H]2C1=C(COc1ccccc1)C[C@H]1C(=O)N(c3ccc(Nc4ccccc4)cc3)C(=O)[C@H]12. The molecule has 0 bridgehead atoms. The molecular formula is C43H44N2O5. The van der Waals surface area contributed by atoms with Crippen LogP contribution in [0.15, 0.2) is 114 Å². The summed E-state index contributed by atoms with van der Waals surface area (Å²) in [6.45, 7) is 6.77. The molecule has 4 atom stereocenters. The van der Waals surface area contributed by atoms with Gasteiger partial charge in [-0.15, -0.1) is 0 Å². The number of benzene rings is 4. The second kappa shape index (κ2) is 14.4. The zero-order chi connectivity index (χ0) is 34.8. The summed E-state index contributed by atoms with van der Waals surface area (Å²) >= 11 is 0. The Morgan fingerprint density at radius 2 is 1.56 bits per heavy atom. The third-order valence-corrected chi connectivity index (χ3v) is 10.4. The third kappa shape index (κ3) is 6.70. The van der Waals surface area contributed by atoms with Crippen molar-refractivity contribution in [1.29, 1.82) is 0 Å². The standard InChI is InChI=1S/C43H44N2O5/c1-4-29(23-30-21-27(2)41(46)28(3)22-30)15-20-38-39-31(25-49-35-13-9-6-10-14-35)24-36-40(37(39)26-50-38)43(48)45(42(36)47)34-18-16-33(17-19-34)44-32-11-7-5-8-12-32/h5-14,16-19,21-23,36-38,40,44,46H,4,15,20,24-26H2,1-3H3/b29-23+/t36-,37+,38-,40-/m1/s1. The molecule has 0 radical (unpaired) electrons. The first kappa shape index (κ1) is 33.4. The molecule has 7 nitrogen and oxygen atoms in total. The number of nitrogens with zero attached hydrogens (tertiary/aromatic N) is 1. The van der Waals surface area contributed by atoms with Gasteiger partial charge in [-0.1, -0.05) is 55.0 Å². The lowest BCUT2D eigenvalue weighted by atomic mass is 9.69. The molecule has 0 unspecified atom stereocenters. The van der Waals surface area contributed by atoms with Crippen molar-refractivity contribution in [3.8, 4) is 11.5 Å². The molecule has 2 aliphatic heterocycles. The second-order valence-corrected chi connectivity index (χ2v) is 13.7. The Hall–Kier alpha value is -5.14. The van der Waals surface area contributed by atoms with E-state index in [4.69, 9.17) is 9.47 Å². The number of allylic oxidation sites excluding steroid dienone is 1. The number of aromatic hydroxyl groups is 1. The van der Waals surface area contributed by atoms with Crippen molar-refractivity contribution in [1.82, 2.24) is 0 Å². The van der Waals surface area contributed by atoms with Crippen LogP contribution in [0.4, 0.5) is 17.1 Å². The average Bonchev–Trinajstić information content (AvgIpc) is 3.66. The van der Waals surface area contributed by atoms with Gasteiger partial charge >= 0.3 is 0 Å². The number of aryl methyl sites for hydroxylation is 2. The molecule has 1 aliphatic carbocycles. The van der Waals surface area contributed by atoms with Crippen LogP contribution < -0.4 is 15.0 Å². The van der Waals surface area contributed by atoms with Gasteiger partial charge in [0.1, 0.15) is 18.1 Å². The lowest BCUT2D eigenvalue weighted by molar-refractivity contribution is -0.122. The van der Waals surface area contributed by atoms with E-state index in [1.54, 1.807) is 0 Å². The van der Waals surface area contributed by atoms with E-state index in [9.17, 15) is 14.7 Å². The van der Waals surface area contributed by atoms with Gasteiger partial charge < -0.3 is 19.9 Å². The van der Waals surface area contributed by atoms with Crippen LogP contribution in [0.3, 0.4) is 0 Å². The Balaban J connectivity index is 1.13. The van der Waals surface area contributed by atoms with Crippen LogP contribution in [-0.2, 0) is 14.3 Å². The summed E-state index contributed by atoms with van der Waals surface area (Å²) in [5, 5.41) is 13.6.